The minimum absolute atomic E-state index is 0.0469. The van der Waals surface area contributed by atoms with Crippen LogP contribution in [-0.4, -0.2) is 84.3 Å². The molecule has 1 aromatic carbocycles. The van der Waals surface area contributed by atoms with Crippen LogP contribution in [-0.2, 0) is 9.53 Å². The van der Waals surface area contributed by atoms with Crippen LogP contribution in [0.1, 0.15) is 35.3 Å². The fraction of sp³-hybridized carbons (Fsp3) is 0.423. The number of likely N-dealkylation sites (N-methyl/N-ethyl adjacent to an activating group) is 1. The van der Waals surface area contributed by atoms with Gasteiger partial charge in [0.15, 0.2) is 0 Å². The zero-order valence-corrected chi connectivity index (χ0v) is 20.3. The lowest BCUT2D eigenvalue weighted by molar-refractivity contribution is -0.135. The molecule has 186 valence electrons. The van der Waals surface area contributed by atoms with Gasteiger partial charge in [-0.1, -0.05) is 18.8 Å². The van der Waals surface area contributed by atoms with E-state index in [1.165, 1.54) is 30.3 Å². The van der Waals surface area contributed by atoms with Crippen molar-refractivity contribution in [3.05, 3.63) is 59.0 Å². The summed E-state index contributed by atoms with van der Waals surface area (Å²) in [6, 6.07) is 6.95. The Hall–Kier alpha value is -3.48. The monoisotopic (exact) mass is 483 g/mol. The summed E-state index contributed by atoms with van der Waals surface area (Å²) in [5, 5.41) is 9.77. The smallest absolute Gasteiger partial charge is 0.259 e. The largest absolute Gasteiger partial charge is 0.472 e. The van der Waals surface area contributed by atoms with Crippen molar-refractivity contribution in [1.29, 1.82) is 0 Å². The van der Waals surface area contributed by atoms with Gasteiger partial charge < -0.3 is 24.4 Å². The number of amides is 2. The molecule has 2 amide bonds. The molecule has 2 heterocycles. The lowest BCUT2D eigenvalue weighted by atomic mass is 10.00. The van der Waals surface area contributed by atoms with Gasteiger partial charge in [-0.15, -0.1) is 0 Å². The molecule has 1 aromatic heterocycles. The summed E-state index contributed by atoms with van der Waals surface area (Å²) >= 11 is 0. The standard InChI is InChI=1S/C26H30FN3O5/c1-17-13-30(18(2)15-31)26(33)22-11-20(6-5-19-7-9-21(27)10-8-19)12-28-25(22)35-23(17)14-29(3)24(32)16-34-4/h7-12,17-18,23,31H,13-16H2,1-4H3/t17-,18-,23+/m0/s1. The zero-order valence-electron chi connectivity index (χ0n) is 20.3. The first-order chi connectivity index (χ1) is 16.7. The van der Waals surface area contributed by atoms with E-state index in [1.54, 1.807) is 37.1 Å². The fourth-order valence-corrected chi connectivity index (χ4v) is 3.67. The van der Waals surface area contributed by atoms with Crippen LogP contribution >= 0.6 is 0 Å². The number of aliphatic hydroxyl groups is 1. The maximum Gasteiger partial charge on any atom is 0.259 e. The Balaban J connectivity index is 1.96. The SMILES string of the molecule is COCC(=O)N(C)C[C@H]1Oc2ncc(C#Cc3ccc(F)cc3)cc2C(=O)N([C@@H](C)CO)C[C@@H]1C. The van der Waals surface area contributed by atoms with E-state index in [-0.39, 0.29) is 54.8 Å². The van der Waals surface area contributed by atoms with Crippen molar-refractivity contribution in [2.45, 2.75) is 26.0 Å². The van der Waals surface area contributed by atoms with Crippen LogP contribution in [0.5, 0.6) is 5.88 Å². The highest BCUT2D eigenvalue weighted by molar-refractivity contribution is 5.97. The third kappa shape index (κ3) is 6.56. The van der Waals surface area contributed by atoms with Gasteiger partial charge in [-0.25, -0.2) is 9.37 Å². The van der Waals surface area contributed by atoms with Crippen molar-refractivity contribution in [2.24, 2.45) is 5.92 Å². The number of aromatic nitrogens is 1. The Kier molecular flexibility index (Phi) is 8.79. The van der Waals surface area contributed by atoms with E-state index in [1.807, 2.05) is 6.92 Å². The minimum atomic E-state index is -0.454. The van der Waals surface area contributed by atoms with Gasteiger partial charge in [0.1, 0.15) is 24.1 Å². The molecule has 35 heavy (non-hydrogen) atoms. The number of rotatable bonds is 6. The number of pyridine rings is 1. The molecule has 3 rings (SSSR count). The third-order valence-corrected chi connectivity index (χ3v) is 5.86. The molecular formula is C26H30FN3O5. The topological polar surface area (TPSA) is 92.2 Å². The molecule has 0 saturated heterocycles. The molecule has 1 aliphatic heterocycles. The predicted octanol–water partition coefficient (Wildman–Crippen LogP) is 1.95. The Bertz CT molecular complexity index is 1110. The second kappa shape index (κ2) is 11.8. The average Bonchev–Trinajstić information content (AvgIpc) is 2.85. The Morgan fingerprint density at radius 1 is 1.34 bits per heavy atom. The lowest BCUT2D eigenvalue weighted by Gasteiger charge is -2.37. The Labute approximate surface area is 204 Å². The van der Waals surface area contributed by atoms with Crippen molar-refractivity contribution < 1.29 is 28.6 Å². The minimum Gasteiger partial charge on any atom is -0.472 e. The number of ether oxygens (including phenoxy) is 2. The highest BCUT2D eigenvalue weighted by Gasteiger charge is 2.34. The lowest BCUT2D eigenvalue weighted by Crippen LogP contribution is -2.50. The molecule has 1 aliphatic rings. The molecule has 0 unspecified atom stereocenters. The number of hydrogen-bond acceptors (Lipinski definition) is 6. The maximum atomic E-state index is 13.4. The van der Waals surface area contributed by atoms with Gasteiger partial charge in [-0.3, -0.25) is 9.59 Å². The molecule has 0 saturated carbocycles. The van der Waals surface area contributed by atoms with Gasteiger partial charge in [0.05, 0.1) is 19.2 Å². The molecule has 8 nitrogen and oxygen atoms in total. The Morgan fingerprint density at radius 2 is 2.03 bits per heavy atom. The molecular weight excluding hydrogens is 453 g/mol. The second-order valence-corrected chi connectivity index (χ2v) is 8.66. The number of methoxy groups -OCH3 is 1. The predicted molar refractivity (Wildman–Crippen MR) is 127 cm³/mol. The van der Waals surface area contributed by atoms with Crippen LogP contribution < -0.4 is 4.74 Å². The van der Waals surface area contributed by atoms with E-state index in [4.69, 9.17) is 9.47 Å². The second-order valence-electron chi connectivity index (χ2n) is 8.66. The van der Waals surface area contributed by atoms with Crippen molar-refractivity contribution in [1.82, 2.24) is 14.8 Å². The number of carbonyl (C=O) groups is 2. The normalized spacial score (nSPS) is 18.3. The summed E-state index contributed by atoms with van der Waals surface area (Å²) in [6.07, 6.45) is 1.05. The fourth-order valence-electron chi connectivity index (χ4n) is 3.67. The number of carbonyl (C=O) groups excluding carboxylic acids is 2. The summed E-state index contributed by atoms with van der Waals surface area (Å²) in [6.45, 7) is 4.03. The summed E-state index contributed by atoms with van der Waals surface area (Å²) in [7, 11) is 3.12. The van der Waals surface area contributed by atoms with Gasteiger partial charge in [-0.05, 0) is 37.3 Å². The molecule has 9 heteroatoms. The highest BCUT2D eigenvalue weighted by atomic mass is 19.1. The summed E-state index contributed by atoms with van der Waals surface area (Å²) in [5.41, 5.74) is 1.33. The van der Waals surface area contributed by atoms with E-state index < -0.39 is 12.1 Å². The van der Waals surface area contributed by atoms with Gasteiger partial charge in [0, 0.05) is 43.9 Å². The van der Waals surface area contributed by atoms with Crippen molar-refractivity contribution in [3.63, 3.8) is 0 Å². The number of benzene rings is 1. The van der Waals surface area contributed by atoms with Gasteiger partial charge in [-0.2, -0.15) is 0 Å². The number of hydrogen-bond donors (Lipinski definition) is 1. The summed E-state index contributed by atoms with van der Waals surface area (Å²) in [5.74, 6) is 5.00. The van der Waals surface area contributed by atoms with E-state index in [2.05, 4.69) is 16.8 Å². The zero-order chi connectivity index (χ0) is 25.5. The van der Waals surface area contributed by atoms with Gasteiger partial charge in [0.25, 0.3) is 5.91 Å². The highest BCUT2D eigenvalue weighted by Crippen LogP contribution is 2.27. The quantitative estimate of drug-likeness (QED) is 0.632. The first kappa shape index (κ1) is 26.1. The third-order valence-electron chi connectivity index (χ3n) is 5.86. The number of aliphatic hydroxyl groups excluding tert-OH is 1. The molecule has 2 aromatic rings. The number of halogens is 1. The van der Waals surface area contributed by atoms with Crippen LogP contribution in [0.4, 0.5) is 4.39 Å². The summed E-state index contributed by atoms with van der Waals surface area (Å²) in [4.78, 5) is 33.2. The van der Waals surface area contributed by atoms with Crippen molar-refractivity contribution >= 4 is 11.8 Å². The van der Waals surface area contributed by atoms with Gasteiger partial charge in [0.2, 0.25) is 11.8 Å². The van der Waals surface area contributed by atoms with Crippen LogP contribution in [0.2, 0.25) is 0 Å². The first-order valence-electron chi connectivity index (χ1n) is 11.3. The number of fused-ring (bicyclic) bond motifs is 1. The maximum absolute atomic E-state index is 13.4. The van der Waals surface area contributed by atoms with E-state index >= 15 is 0 Å². The molecule has 3 atom stereocenters. The first-order valence-corrected chi connectivity index (χ1v) is 11.3. The molecule has 0 radical (unpaired) electrons. The molecule has 0 aliphatic carbocycles. The summed E-state index contributed by atoms with van der Waals surface area (Å²) < 4.78 is 24.2. The van der Waals surface area contributed by atoms with Crippen LogP contribution in [0.3, 0.4) is 0 Å². The van der Waals surface area contributed by atoms with Crippen LogP contribution in [0.25, 0.3) is 0 Å². The van der Waals surface area contributed by atoms with Gasteiger partial charge >= 0.3 is 0 Å². The van der Waals surface area contributed by atoms with Crippen LogP contribution in [0.15, 0.2) is 36.5 Å². The van der Waals surface area contributed by atoms with Crippen molar-refractivity contribution in [2.75, 3.05) is 40.5 Å². The Morgan fingerprint density at radius 3 is 2.69 bits per heavy atom. The number of nitrogens with zero attached hydrogens (tertiary/aromatic N) is 3. The average molecular weight is 484 g/mol. The molecule has 0 bridgehead atoms. The van der Waals surface area contributed by atoms with E-state index in [0.29, 0.717) is 17.7 Å². The van der Waals surface area contributed by atoms with Crippen molar-refractivity contribution in [3.8, 4) is 17.7 Å². The molecule has 0 spiro atoms. The molecule has 1 N–H and O–H groups in total. The van der Waals surface area contributed by atoms with E-state index in [0.717, 1.165) is 0 Å². The molecule has 0 fully saturated rings. The van der Waals surface area contributed by atoms with E-state index in [9.17, 15) is 19.1 Å². The van der Waals surface area contributed by atoms with Crippen LogP contribution in [0, 0.1) is 23.6 Å².